The minimum atomic E-state index is -1.19. The van der Waals surface area contributed by atoms with Gasteiger partial charge in [0, 0.05) is 23.3 Å². The standard InChI is InChI=1S/C20H22O5/c1-3-12-25-19(20(23)24)17-13(4-2)6-5-7-16(17)18(22)14-8-10-15(21)11-9-14/h5-11,19,21H,3-4,12H2,1-2H3,(H,23,24). The first kappa shape index (κ1) is 18.7. The number of aromatic hydroxyl groups is 1. The second kappa shape index (κ2) is 8.44. The van der Waals surface area contributed by atoms with Gasteiger partial charge in [-0.25, -0.2) is 4.79 Å². The molecule has 1 atom stereocenters. The van der Waals surface area contributed by atoms with E-state index in [9.17, 15) is 19.8 Å². The summed E-state index contributed by atoms with van der Waals surface area (Å²) in [5.74, 6) is -1.35. The van der Waals surface area contributed by atoms with Gasteiger partial charge in [0.05, 0.1) is 0 Å². The summed E-state index contributed by atoms with van der Waals surface area (Å²) in [4.78, 5) is 24.7. The minimum absolute atomic E-state index is 0.0637. The zero-order valence-electron chi connectivity index (χ0n) is 14.4. The smallest absolute Gasteiger partial charge is 0.337 e. The van der Waals surface area contributed by atoms with E-state index in [0.717, 1.165) is 5.56 Å². The summed E-state index contributed by atoms with van der Waals surface area (Å²) in [6, 6.07) is 11.1. The second-order valence-corrected chi connectivity index (χ2v) is 5.70. The van der Waals surface area contributed by atoms with Gasteiger partial charge in [-0.15, -0.1) is 0 Å². The fourth-order valence-electron chi connectivity index (χ4n) is 2.71. The minimum Gasteiger partial charge on any atom is -0.508 e. The number of phenols is 1. The van der Waals surface area contributed by atoms with Gasteiger partial charge in [-0.3, -0.25) is 4.79 Å². The van der Waals surface area contributed by atoms with Crippen LogP contribution in [0.4, 0.5) is 0 Å². The highest BCUT2D eigenvalue weighted by molar-refractivity contribution is 6.10. The SMILES string of the molecule is CCCOC(C(=O)O)c1c(CC)cccc1C(=O)c1ccc(O)cc1. The second-order valence-electron chi connectivity index (χ2n) is 5.70. The number of hydrogen-bond donors (Lipinski definition) is 2. The summed E-state index contributed by atoms with van der Waals surface area (Å²) in [6.45, 7) is 4.10. The molecule has 0 aliphatic carbocycles. The van der Waals surface area contributed by atoms with E-state index >= 15 is 0 Å². The Kier molecular flexibility index (Phi) is 6.31. The van der Waals surface area contributed by atoms with Crippen molar-refractivity contribution in [1.29, 1.82) is 0 Å². The molecule has 0 radical (unpaired) electrons. The Morgan fingerprint density at radius 3 is 2.32 bits per heavy atom. The molecule has 0 saturated carbocycles. The van der Waals surface area contributed by atoms with Crippen LogP contribution < -0.4 is 0 Å². The molecule has 5 nitrogen and oxygen atoms in total. The van der Waals surface area contributed by atoms with Gasteiger partial charge in [-0.2, -0.15) is 0 Å². The molecular weight excluding hydrogens is 320 g/mol. The Balaban J connectivity index is 2.55. The van der Waals surface area contributed by atoms with Crippen molar-refractivity contribution in [2.24, 2.45) is 0 Å². The van der Waals surface area contributed by atoms with Gasteiger partial charge in [0.15, 0.2) is 11.9 Å². The van der Waals surface area contributed by atoms with Gasteiger partial charge >= 0.3 is 5.97 Å². The number of carboxylic acids is 1. The lowest BCUT2D eigenvalue weighted by Crippen LogP contribution is -2.21. The van der Waals surface area contributed by atoms with E-state index in [1.807, 2.05) is 19.9 Å². The van der Waals surface area contributed by atoms with Crippen molar-refractivity contribution in [1.82, 2.24) is 0 Å². The molecule has 0 saturated heterocycles. The topological polar surface area (TPSA) is 83.8 Å². The maximum Gasteiger partial charge on any atom is 0.337 e. The molecule has 0 bridgehead atoms. The van der Waals surface area contributed by atoms with Crippen molar-refractivity contribution < 1.29 is 24.5 Å². The molecule has 1 unspecified atom stereocenters. The maximum absolute atomic E-state index is 12.9. The molecule has 5 heteroatoms. The van der Waals surface area contributed by atoms with Crippen LogP contribution in [-0.2, 0) is 16.0 Å². The molecule has 0 aromatic heterocycles. The molecule has 25 heavy (non-hydrogen) atoms. The quantitative estimate of drug-likeness (QED) is 0.714. The van der Waals surface area contributed by atoms with Crippen LogP contribution in [0.25, 0.3) is 0 Å². The molecular formula is C20H22O5. The van der Waals surface area contributed by atoms with Gasteiger partial charge < -0.3 is 14.9 Å². The number of carbonyl (C=O) groups is 2. The predicted molar refractivity (Wildman–Crippen MR) is 94.0 cm³/mol. The largest absolute Gasteiger partial charge is 0.508 e. The summed E-state index contributed by atoms with van der Waals surface area (Å²) in [7, 11) is 0. The molecule has 0 aliphatic heterocycles. The molecule has 0 fully saturated rings. The van der Waals surface area contributed by atoms with Crippen LogP contribution in [0.5, 0.6) is 5.75 Å². The highest BCUT2D eigenvalue weighted by Crippen LogP contribution is 2.29. The lowest BCUT2D eigenvalue weighted by molar-refractivity contribution is -0.151. The number of carbonyl (C=O) groups excluding carboxylic acids is 1. The van der Waals surface area contributed by atoms with Gasteiger partial charge in [0.2, 0.25) is 0 Å². The average Bonchev–Trinajstić information content (AvgIpc) is 2.61. The van der Waals surface area contributed by atoms with Crippen molar-refractivity contribution in [3.63, 3.8) is 0 Å². The molecule has 132 valence electrons. The molecule has 0 amide bonds. The Morgan fingerprint density at radius 2 is 1.76 bits per heavy atom. The first-order chi connectivity index (χ1) is 12.0. The van der Waals surface area contributed by atoms with Gasteiger partial charge in [0.25, 0.3) is 0 Å². The summed E-state index contributed by atoms with van der Waals surface area (Å²) in [5.41, 5.74) is 1.87. The van der Waals surface area contributed by atoms with Crippen LogP contribution in [0.1, 0.15) is 53.4 Å². The average molecular weight is 342 g/mol. The molecule has 0 aliphatic rings. The summed E-state index contributed by atoms with van der Waals surface area (Å²) in [6.07, 6.45) is 0.0807. The van der Waals surface area contributed by atoms with Crippen LogP contribution in [0.3, 0.4) is 0 Å². The van der Waals surface area contributed by atoms with E-state index < -0.39 is 12.1 Å². The van der Waals surface area contributed by atoms with Crippen molar-refractivity contribution in [3.05, 3.63) is 64.7 Å². The van der Waals surface area contributed by atoms with E-state index in [4.69, 9.17) is 4.74 Å². The molecule has 2 N–H and O–H groups in total. The fraction of sp³-hybridized carbons (Fsp3) is 0.300. The lowest BCUT2D eigenvalue weighted by atomic mass is 9.90. The number of aliphatic carboxylic acids is 1. The number of aryl methyl sites for hydroxylation is 1. The highest BCUT2D eigenvalue weighted by Gasteiger charge is 2.28. The van der Waals surface area contributed by atoms with E-state index in [-0.39, 0.29) is 11.5 Å². The van der Waals surface area contributed by atoms with Crippen LogP contribution in [-0.4, -0.2) is 28.6 Å². The van der Waals surface area contributed by atoms with Crippen molar-refractivity contribution >= 4 is 11.8 Å². The van der Waals surface area contributed by atoms with Crippen LogP contribution >= 0.6 is 0 Å². The number of phenolic OH excluding ortho intramolecular Hbond substituents is 1. The third kappa shape index (κ3) is 4.25. The first-order valence-electron chi connectivity index (χ1n) is 8.29. The van der Waals surface area contributed by atoms with Gasteiger partial charge in [0.1, 0.15) is 5.75 Å². The Labute approximate surface area is 146 Å². The monoisotopic (exact) mass is 342 g/mol. The first-order valence-corrected chi connectivity index (χ1v) is 8.29. The molecule has 2 aromatic carbocycles. The van der Waals surface area contributed by atoms with Gasteiger partial charge in [-0.1, -0.05) is 32.0 Å². The van der Waals surface area contributed by atoms with E-state index in [0.29, 0.717) is 36.1 Å². The number of ketones is 1. The van der Waals surface area contributed by atoms with Crippen LogP contribution in [0, 0.1) is 0 Å². The van der Waals surface area contributed by atoms with E-state index in [2.05, 4.69) is 0 Å². The van der Waals surface area contributed by atoms with Crippen molar-refractivity contribution in [2.45, 2.75) is 32.8 Å². The molecule has 0 heterocycles. The zero-order chi connectivity index (χ0) is 18.4. The highest BCUT2D eigenvalue weighted by atomic mass is 16.5. The van der Waals surface area contributed by atoms with Gasteiger partial charge in [-0.05, 0) is 42.7 Å². The Hall–Kier alpha value is -2.66. The van der Waals surface area contributed by atoms with Crippen molar-refractivity contribution in [3.8, 4) is 5.75 Å². The fourth-order valence-corrected chi connectivity index (χ4v) is 2.71. The number of ether oxygens (including phenoxy) is 1. The Bertz CT molecular complexity index is 749. The lowest BCUT2D eigenvalue weighted by Gasteiger charge is -2.20. The normalized spacial score (nSPS) is 11.9. The van der Waals surface area contributed by atoms with Crippen molar-refractivity contribution in [2.75, 3.05) is 6.61 Å². The number of hydrogen-bond acceptors (Lipinski definition) is 4. The summed E-state index contributed by atoms with van der Waals surface area (Å²) >= 11 is 0. The number of benzene rings is 2. The summed E-state index contributed by atoms with van der Waals surface area (Å²) < 4.78 is 5.54. The third-order valence-electron chi connectivity index (χ3n) is 3.93. The Morgan fingerprint density at radius 1 is 1.08 bits per heavy atom. The van der Waals surface area contributed by atoms with Crippen LogP contribution in [0.2, 0.25) is 0 Å². The van der Waals surface area contributed by atoms with E-state index in [1.165, 1.54) is 24.3 Å². The summed E-state index contributed by atoms with van der Waals surface area (Å²) in [5, 5.41) is 19.0. The molecule has 2 aromatic rings. The van der Waals surface area contributed by atoms with E-state index in [1.54, 1.807) is 12.1 Å². The zero-order valence-corrected chi connectivity index (χ0v) is 14.4. The third-order valence-corrected chi connectivity index (χ3v) is 3.93. The molecule has 2 rings (SSSR count). The molecule has 0 spiro atoms. The van der Waals surface area contributed by atoms with Crippen LogP contribution in [0.15, 0.2) is 42.5 Å². The predicted octanol–water partition coefficient (Wildman–Crippen LogP) is 3.74. The number of carboxylic acid groups (broad SMARTS) is 1. The maximum atomic E-state index is 12.9. The number of rotatable bonds is 8.